The number of carbonyl (C=O) groups is 3. The largest absolute Gasteiger partial charge is 0.478 e. The maximum Gasteiger partial charge on any atom is 0.337 e. The van der Waals surface area contributed by atoms with Gasteiger partial charge in [0.1, 0.15) is 5.70 Å². The minimum absolute atomic E-state index is 0.0711. The molecule has 0 fully saturated rings. The molecule has 0 saturated carbocycles. The number of β-amino-alcohol motifs (C(OH)–C–C–N with tert-alkyl or cyclic N) is 1. The van der Waals surface area contributed by atoms with Crippen molar-refractivity contribution in [3.8, 4) is 0 Å². The van der Waals surface area contributed by atoms with E-state index >= 15 is 0 Å². The number of aliphatic hydroxyl groups is 1. The Morgan fingerprint density at radius 2 is 2.05 bits per heavy atom. The predicted molar refractivity (Wildman–Crippen MR) is 73.9 cm³/mol. The van der Waals surface area contributed by atoms with Gasteiger partial charge in [0.05, 0.1) is 24.4 Å². The number of carbonyl (C=O) groups excluding carboxylic acids is 2. The van der Waals surface area contributed by atoms with Gasteiger partial charge >= 0.3 is 5.97 Å². The second-order valence-corrected chi connectivity index (χ2v) is 4.63. The molecule has 21 heavy (non-hydrogen) atoms. The van der Waals surface area contributed by atoms with Crippen LogP contribution in [0.2, 0.25) is 5.02 Å². The van der Waals surface area contributed by atoms with Gasteiger partial charge in [0.25, 0.3) is 11.8 Å². The van der Waals surface area contributed by atoms with Crippen LogP contribution in [0.4, 0.5) is 5.69 Å². The van der Waals surface area contributed by atoms with Crippen molar-refractivity contribution < 1.29 is 24.6 Å². The van der Waals surface area contributed by atoms with Crippen LogP contribution in [0.3, 0.4) is 0 Å². The Kier molecular flexibility index (Phi) is 4.25. The number of nitrogens with zero attached hydrogens (tertiary/aromatic N) is 1. The number of rotatable bonds is 5. The molecule has 0 aliphatic carbocycles. The smallest absolute Gasteiger partial charge is 0.337 e. The highest BCUT2D eigenvalue weighted by molar-refractivity contribution is 6.31. The summed E-state index contributed by atoms with van der Waals surface area (Å²) in [5.74, 6) is -2.40. The lowest BCUT2D eigenvalue weighted by atomic mass is 10.1. The molecule has 110 valence electrons. The maximum absolute atomic E-state index is 12.0. The van der Waals surface area contributed by atoms with E-state index in [1.807, 2.05) is 0 Å². The standard InChI is InChI=1S/C13H11ClN2O5/c14-7-1-2-8(13(20)21)9(5-7)15-10-6-11(18)16(3-4-17)12(10)19/h1-2,5-6,15,17H,3-4H2,(H,20,21). The van der Waals surface area contributed by atoms with E-state index < -0.39 is 17.8 Å². The van der Waals surface area contributed by atoms with Crippen LogP contribution in [-0.4, -0.2) is 46.0 Å². The Labute approximate surface area is 124 Å². The van der Waals surface area contributed by atoms with Crippen LogP contribution in [0.25, 0.3) is 0 Å². The summed E-state index contributed by atoms with van der Waals surface area (Å²) in [5.41, 5.74) is -0.0485. The molecule has 0 unspecified atom stereocenters. The summed E-state index contributed by atoms with van der Waals surface area (Å²) in [6.07, 6.45) is 1.05. The normalized spacial score (nSPS) is 14.4. The number of hydrogen-bond donors (Lipinski definition) is 3. The number of carboxylic acid groups (broad SMARTS) is 1. The first-order valence-corrected chi connectivity index (χ1v) is 6.30. The number of benzene rings is 1. The molecule has 1 aromatic rings. The molecule has 0 spiro atoms. The Hall–Kier alpha value is -2.38. The summed E-state index contributed by atoms with van der Waals surface area (Å²) in [6, 6.07) is 4.04. The number of aromatic carboxylic acids is 1. The van der Waals surface area contributed by atoms with Gasteiger partial charge in [0.2, 0.25) is 0 Å². The van der Waals surface area contributed by atoms with Crippen LogP contribution in [0, 0.1) is 0 Å². The Balaban J connectivity index is 2.29. The lowest BCUT2D eigenvalue weighted by Crippen LogP contribution is -2.34. The average molecular weight is 311 g/mol. The fourth-order valence-electron chi connectivity index (χ4n) is 1.86. The fraction of sp³-hybridized carbons (Fsp3) is 0.154. The van der Waals surface area contributed by atoms with Crippen molar-refractivity contribution in [2.45, 2.75) is 0 Å². The number of anilines is 1. The molecule has 2 rings (SSSR count). The Bertz CT molecular complexity index is 656. The molecule has 8 heteroatoms. The van der Waals surface area contributed by atoms with Crippen molar-refractivity contribution in [3.63, 3.8) is 0 Å². The Morgan fingerprint density at radius 1 is 1.33 bits per heavy atom. The summed E-state index contributed by atoms with van der Waals surface area (Å²) < 4.78 is 0. The SMILES string of the molecule is O=C(O)c1ccc(Cl)cc1NC1=CC(=O)N(CCO)C1=O. The van der Waals surface area contributed by atoms with E-state index in [0.29, 0.717) is 0 Å². The molecule has 0 saturated heterocycles. The topological polar surface area (TPSA) is 107 Å². The second-order valence-electron chi connectivity index (χ2n) is 4.20. The highest BCUT2D eigenvalue weighted by atomic mass is 35.5. The first kappa shape index (κ1) is 15.0. The Morgan fingerprint density at radius 3 is 2.67 bits per heavy atom. The van der Waals surface area contributed by atoms with Crippen LogP contribution < -0.4 is 5.32 Å². The molecular weight excluding hydrogens is 300 g/mol. The summed E-state index contributed by atoms with van der Waals surface area (Å²) in [4.78, 5) is 35.5. The van der Waals surface area contributed by atoms with E-state index in [2.05, 4.69) is 5.32 Å². The number of aliphatic hydroxyl groups excluding tert-OH is 1. The van der Waals surface area contributed by atoms with Crippen LogP contribution in [0.5, 0.6) is 0 Å². The third-order valence-electron chi connectivity index (χ3n) is 2.81. The van der Waals surface area contributed by atoms with Gasteiger partial charge in [-0.2, -0.15) is 0 Å². The van der Waals surface area contributed by atoms with Crippen molar-refractivity contribution in [1.82, 2.24) is 4.90 Å². The van der Waals surface area contributed by atoms with Crippen molar-refractivity contribution in [2.24, 2.45) is 0 Å². The van der Waals surface area contributed by atoms with Crippen LogP contribution in [-0.2, 0) is 9.59 Å². The summed E-state index contributed by atoms with van der Waals surface area (Å²) in [5, 5.41) is 20.8. The van der Waals surface area contributed by atoms with E-state index in [1.165, 1.54) is 18.2 Å². The van der Waals surface area contributed by atoms with Gasteiger partial charge in [-0.25, -0.2) is 4.79 Å². The fourth-order valence-corrected chi connectivity index (χ4v) is 2.03. The first-order valence-electron chi connectivity index (χ1n) is 5.92. The van der Waals surface area contributed by atoms with E-state index in [-0.39, 0.29) is 35.1 Å². The molecule has 0 bridgehead atoms. The van der Waals surface area contributed by atoms with Crippen molar-refractivity contribution in [1.29, 1.82) is 0 Å². The number of imide groups is 1. The first-order chi connectivity index (χ1) is 9.93. The number of hydrogen-bond acceptors (Lipinski definition) is 5. The molecule has 0 aromatic heterocycles. The molecule has 3 N–H and O–H groups in total. The third-order valence-corrected chi connectivity index (χ3v) is 3.05. The molecular formula is C13H11ClN2O5. The predicted octanol–water partition coefficient (Wildman–Crippen LogP) is 0.695. The van der Waals surface area contributed by atoms with Crippen LogP contribution in [0.1, 0.15) is 10.4 Å². The van der Waals surface area contributed by atoms with E-state index in [9.17, 15) is 14.4 Å². The van der Waals surface area contributed by atoms with Crippen molar-refractivity contribution >= 4 is 35.1 Å². The summed E-state index contributed by atoms with van der Waals surface area (Å²) in [7, 11) is 0. The molecule has 1 aliphatic rings. The van der Waals surface area contributed by atoms with E-state index in [4.69, 9.17) is 21.8 Å². The molecule has 1 heterocycles. The number of amides is 2. The molecule has 0 radical (unpaired) electrons. The van der Waals surface area contributed by atoms with E-state index in [0.717, 1.165) is 11.0 Å². The molecule has 1 aromatic carbocycles. The van der Waals surface area contributed by atoms with Gasteiger partial charge < -0.3 is 15.5 Å². The van der Waals surface area contributed by atoms with Gasteiger partial charge in [0.15, 0.2) is 0 Å². The minimum Gasteiger partial charge on any atom is -0.478 e. The van der Waals surface area contributed by atoms with Gasteiger partial charge in [-0.3, -0.25) is 14.5 Å². The van der Waals surface area contributed by atoms with Gasteiger partial charge in [-0.15, -0.1) is 0 Å². The third kappa shape index (κ3) is 3.04. The second kappa shape index (κ2) is 5.94. The highest BCUT2D eigenvalue weighted by Crippen LogP contribution is 2.24. The lowest BCUT2D eigenvalue weighted by molar-refractivity contribution is -0.137. The van der Waals surface area contributed by atoms with Crippen molar-refractivity contribution in [3.05, 3.63) is 40.6 Å². The van der Waals surface area contributed by atoms with Gasteiger partial charge in [0, 0.05) is 11.1 Å². The quantitative estimate of drug-likeness (QED) is 0.691. The molecule has 1 aliphatic heterocycles. The van der Waals surface area contributed by atoms with Crippen LogP contribution in [0.15, 0.2) is 30.0 Å². The average Bonchev–Trinajstić information content (AvgIpc) is 2.67. The van der Waals surface area contributed by atoms with Gasteiger partial charge in [-0.1, -0.05) is 11.6 Å². The molecule has 2 amide bonds. The highest BCUT2D eigenvalue weighted by Gasteiger charge is 2.31. The number of nitrogens with one attached hydrogen (secondary N) is 1. The zero-order chi connectivity index (χ0) is 15.6. The summed E-state index contributed by atoms with van der Waals surface area (Å²) in [6.45, 7) is -0.475. The summed E-state index contributed by atoms with van der Waals surface area (Å²) >= 11 is 5.80. The molecule has 7 nitrogen and oxygen atoms in total. The zero-order valence-corrected chi connectivity index (χ0v) is 11.4. The van der Waals surface area contributed by atoms with Crippen LogP contribution >= 0.6 is 11.6 Å². The van der Waals surface area contributed by atoms with E-state index in [1.54, 1.807) is 0 Å². The molecule has 0 atom stereocenters. The minimum atomic E-state index is -1.20. The van der Waals surface area contributed by atoms with Gasteiger partial charge in [-0.05, 0) is 18.2 Å². The van der Waals surface area contributed by atoms with Crippen molar-refractivity contribution in [2.75, 3.05) is 18.5 Å². The monoisotopic (exact) mass is 310 g/mol. The number of carboxylic acids is 1. The zero-order valence-electron chi connectivity index (χ0n) is 10.7. The maximum atomic E-state index is 12.0. The number of halogens is 1. The lowest BCUT2D eigenvalue weighted by Gasteiger charge is -2.14.